The molecule has 23 heavy (non-hydrogen) atoms. The minimum absolute atomic E-state index is 0.345. The smallest absolute Gasteiger partial charge is 0.353 e. The van der Waals surface area contributed by atoms with Gasteiger partial charge in [0.2, 0.25) is 0 Å². The van der Waals surface area contributed by atoms with Crippen molar-refractivity contribution in [2.75, 3.05) is 7.11 Å². The van der Waals surface area contributed by atoms with Crippen LogP contribution in [0.5, 0.6) is 5.75 Å². The Morgan fingerprint density at radius 2 is 1.91 bits per heavy atom. The van der Waals surface area contributed by atoms with Crippen molar-refractivity contribution < 1.29 is 19.1 Å². The molecule has 0 radical (unpaired) electrons. The highest BCUT2D eigenvalue weighted by Gasteiger charge is 2.21. The molecule has 0 saturated heterocycles. The highest BCUT2D eigenvalue weighted by atomic mass is 32.1. The van der Waals surface area contributed by atoms with Gasteiger partial charge in [-0.3, -0.25) is 0 Å². The Balaban J connectivity index is 1.71. The van der Waals surface area contributed by atoms with Gasteiger partial charge in [-0.05, 0) is 61.1 Å². The van der Waals surface area contributed by atoms with Gasteiger partial charge < -0.3 is 9.47 Å². The Hall–Kier alpha value is -2.14. The van der Waals surface area contributed by atoms with E-state index in [2.05, 4.69) is 11.7 Å². The summed E-state index contributed by atoms with van der Waals surface area (Å²) in [5.74, 6) is 0.333. The molecular formula is C18H18O4S. The Labute approximate surface area is 139 Å². The summed E-state index contributed by atoms with van der Waals surface area (Å²) in [6.45, 7) is 2.24. The van der Waals surface area contributed by atoms with Gasteiger partial charge >= 0.3 is 11.9 Å². The van der Waals surface area contributed by atoms with E-state index in [4.69, 9.17) is 4.74 Å². The third kappa shape index (κ3) is 3.45. The first-order chi connectivity index (χ1) is 11.1. The molecule has 1 aliphatic carbocycles. The van der Waals surface area contributed by atoms with Crippen molar-refractivity contribution in [1.82, 2.24) is 0 Å². The maximum atomic E-state index is 12.3. The number of rotatable bonds is 3. The van der Waals surface area contributed by atoms with Gasteiger partial charge in [0.1, 0.15) is 10.6 Å². The van der Waals surface area contributed by atoms with Crippen molar-refractivity contribution in [2.45, 2.75) is 26.2 Å². The first kappa shape index (κ1) is 15.7. The Bertz CT molecular complexity index is 730. The minimum atomic E-state index is -0.414. The number of hydrogen-bond acceptors (Lipinski definition) is 5. The Morgan fingerprint density at radius 3 is 2.61 bits per heavy atom. The second-order valence-corrected chi connectivity index (χ2v) is 6.95. The molecule has 0 saturated carbocycles. The summed E-state index contributed by atoms with van der Waals surface area (Å²) in [6.07, 6.45) is 3.26. The van der Waals surface area contributed by atoms with Crippen molar-refractivity contribution in [3.63, 3.8) is 0 Å². The third-order valence-electron chi connectivity index (χ3n) is 4.02. The van der Waals surface area contributed by atoms with Crippen LogP contribution >= 0.6 is 11.3 Å². The number of methoxy groups -OCH3 is 1. The van der Waals surface area contributed by atoms with Crippen LogP contribution in [-0.2, 0) is 17.6 Å². The van der Waals surface area contributed by atoms with Gasteiger partial charge in [0, 0.05) is 4.88 Å². The zero-order valence-electron chi connectivity index (χ0n) is 13.1. The fraction of sp³-hybridized carbons (Fsp3) is 0.333. The highest BCUT2D eigenvalue weighted by Crippen LogP contribution is 2.32. The molecule has 0 N–H and O–H groups in total. The fourth-order valence-corrected chi connectivity index (χ4v) is 3.83. The summed E-state index contributed by atoms with van der Waals surface area (Å²) < 4.78 is 10.0. The molecule has 1 aromatic heterocycles. The SMILES string of the molecule is COC(=O)c1ccc(OC(=O)c2cc3c(s2)CC[C@H](C)C3)cc1. The standard InChI is InChI=1S/C18H18O4S/c1-11-3-8-15-13(9-11)10-16(23-15)18(20)22-14-6-4-12(5-7-14)17(19)21-2/h4-7,10-11H,3,8-9H2,1-2H3/t11-/m0/s1. The predicted octanol–water partition coefficient (Wildman–Crippen LogP) is 3.88. The molecule has 0 amide bonds. The lowest BCUT2D eigenvalue weighted by Gasteiger charge is -2.16. The van der Waals surface area contributed by atoms with E-state index in [1.807, 2.05) is 6.07 Å². The van der Waals surface area contributed by atoms with Gasteiger partial charge in [-0.2, -0.15) is 0 Å². The first-order valence-electron chi connectivity index (χ1n) is 7.59. The van der Waals surface area contributed by atoms with E-state index in [1.165, 1.54) is 35.3 Å². The van der Waals surface area contributed by atoms with Gasteiger partial charge in [0.25, 0.3) is 0 Å². The summed E-state index contributed by atoms with van der Waals surface area (Å²) in [7, 11) is 1.33. The van der Waals surface area contributed by atoms with Gasteiger partial charge in [-0.15, -0.1) is 11.3 Å². The van der Waals surface area contributed by atoms with Crippen LogP contribution in [0.2, 0.25) is 0 Å². The number of hydrogen-bond donors (Lipinski definition) is 0. The number of carbonyl (C=O) groups is 2. The average molecular weight is 330 g/mol. The zero-order valence-corrected chi connectivity index (χ0v) is 13.9. The Kier molecular flexibility index (Phi) is 4.48. The molecule has 0 aliphatic heterocycles. The highest BCUT2D eigenvalue weighted by molar-refractivity contribution is 7.14. The van der Waals surface area contributed by atoms with Crippen molar-refractivity contribution in [2.24, 2.45) is 5.92 Å². The second-order valence-electron chi connectivity index (χ2n) is 5.81. The van der Waals surface area contributed by atoms with E-state index in [9.17, 15) is 9.59 Å². The molecule has 2 aromatic rings. The van der Waals surface area contributed by atoms with Gasteiger partial charge in [0.15, 0.2) is 0 Å². The maximum absolute atomic E-state index is 12.3. The molecular weight excluding hydrogens is 312 g/mol. The largest absolute Gasteiger partial charge is 0.465 e. The number of benzene rings is 1. The lowest BCUT2D eigenvalue weighted by atomic mass is 9.90. The molecule has 1 aliphatic rings. The quantitative estimate of drug-likeness (QED) is 0.633. The summed E-state index contributed by atoms with van der Waals surface area (Å²) in [4.78, 5) is 25.6. The lowest BCUT2D eigenvalue weighted by molar-refractivity contribution is 0.0600. The first-order valence-corrected chi connectivity index (χ1v) is 8.40. The molecule has 5 heteroatoms. The summed E-state index contributed by atoms with van der Waals surface area (Å²) in [5.41, 5.74) is 1.70. The van der Waals surface area contributed by atoms with Crippen LogP contribution in [0.1, 0.15) is 43.8 Å². The number of fused-ring (bicyclic) bond motifs is 1. The molecule has 3 rings (SSSR count). The molecule has 120 valence electrons. The Morgan fingerprint density at radius 1 is 1.17 bits per heavy atom. The lowest BCUT2D eigenvalue weighted by Crippen LogP contribution is -2.08. The third-order valence-corrected chi connectivity index (χ3v) is 5.23. The van der Waals surface area contributed by atoms with E-state index in [0.29, 0.717) is 22.1 Å². The molecule has 1 aromatic carbocycles. The van der Waals surface area contributed by atoms with Crippen LogP contribution in [0.4, 0.5) is 0 Å². The number of ether oxygens (including phenoxy) is 2. The monoisotopic (exact) mass is 330 g/mol. The van der Waals surface area contributed by atoms with Crippen LogP contribution in [0.15, 0.2) is 30.3 Å². The van der Waals surface area contributed by atoms with Crippen molar-refractivity contribution in [1.29, 1.82) is 0 Å². The molecule has 0 unspecified atom stereocenters. The fourth-order valence-electron chi connectivity index (χ4n) is 2.74. The number of aryl methyl sites for hydroxylation is 1. The van der Waals surface area contributed by atoms with Crippen molar-refractivity contribution in [3.05, 3.63) is 51.2 Å². The van der Waals surface area contributed by atoms with Gasteiger partial charge in [0.05, 0.1) is 12.7 Å². The van der Waals surface area contributed by atoms with Crippen LogP contribution in [0.25, 0.3) is 0 Å². The van der Waals surface area contributed by atoms with Crippen LogP contribution in [0.3, 0.4) is 0 Å². The van der Waals surface area contributed by atoms with Gasteiger partial charge in [-0.25, -0.2) is 9.59 Å². The van der Waals surface area contributed by atoms with Crippen molar-refractivity contribution >= 4 is 23.3 Å². The van der Waals surface area contributed by atoms with Gasteiger partial charge in [-0.1, -0.05) is 6.92 Å². The maximum Gasteiger partial charge on any atom is 0.353 e. The van der Waals surface area contributed by atoms with E-state index in [0.717, 1.165) is 12.8 Å². The molecule has 0 fully saturated rings. The van der Waals surface area contributed by atoms with E-state index in [-0.39, 0.29) is 5.97 Å². The summed E-state index contributed by atoms with van der Waals surface area (Å²) in [6, 6.07) is 8.31. The number of carbonyl (C=O) groups excluding carboxylic acids is 2. The average Bonchev–Trinajstić information content (AvgIpc) is 2.98. The predicted molar refractivity (Wildman–Crippen MR) is 88.2 cm³/mol. The molecule has 1 atom stereocenters. The van der Waals surface area contributed by atoms with Crippen LogP contribution in [0, 0.1) is 5.92 Å². The normalized spacial score (nSPS) is 16.5. The molecule has 0 bridgehead atoms. The van der Waals surface area contributed by atoms with E-state index < -0.39 is 5.97 Å². The van der Waals surface area contributed by atoms with Crippen LogP contribution in [-0.4, -0.2) is 19.0 Å². The van der Waals surface area contributed by atoms with E-state index >= 15 is 0 Å². The molecule has 0 spiro atoms. The number of thiophene rings is 1. The van der Waals surface area contributed by atoms with Crippen molar-refractivity contribution in [3.8, 4) is 5.75 Å². The zero-order chi connectivity index (χ0) is 16.4. The number of esters is 2. The minimum Gasteiger partial charge on any atom is -0.465 e. The van der Waals surface area contributed by atoms with E-state index in [1.54, 1.807) is 24.3 Å². The molecule has 4 nitrogen and oxygen atoms in total. The summed E-state index contributed by atoms with van der Waals surface area (Å²) >= 11 is 1.53. The molecule has 1 heterocycles. The van der Waals surface area contributed by atoms with Crippen LogP contribution < -0.4 is 4.74 Å². The topological polar surface area (TPSA) is 52.6 Å². The second kappa shape index (κ2) is 6.54. The summed E-state index contributed by atoms with van der Waals surface area (Å²) in [5, 5.41) is 0.